The van der Waals surface area contributed by atoms with E-state index in [0.717, 1.165) is 12.1 Å². The molecule has 0 bridgehead atoms. The van der Waals surface area contributed by atoms with Crippen molar-refractivity contribution in [3.8, 4) is 11.3 Å². The first-order valence-electron chi connectivity index (χ1n) is 7.88. The number of aliphatic hydroxyl groups excluding tert-OH is 1. The number of nitrogens with zero attached hydrogens (tertiary/aromatic N) is 3. The second-order valence-corrected chi connectivity index (χ2v) is 7.03. The Hall–Kier alpha value is -2.34. The van der Waals surface area contributed by atoms with Crippen LogP contribution in [0, 0.1) is 11.3 Å². The molecule has 1 spiro atoms. The highest BCUT2D eigenvalue weighted by Gasteiger charge is 2.63. The highest BCUT2D eigenvalue weighted by molar-refractivity contribution is 5.69. The average molecular weight is 311 g/mol. The van der Waals surface area contributed by atoms with Gasteiger partial charge < -0.3 is 19.7 Å². The van der Waals surface area contributed by atoms with E-state index in [-0.39, 0.29) is 17.4 Å². The van der Waals surface area contributed by atoms with Crippen molar-refractivity contribution >= 4 is 6.09 Å². The fourth-order valence-corrected chi connectivity index (χ4v) is 4.75. The third-order valence-electron chi connectivity index (χ3n) is 5.88. The summed E-state index contributed by atoms with van der Waals surface area (Å²) in [6.45, 7) is 0.899. The van der Waals surface area contributed by atoms with Crippen molar-refractivity contribution in [2.45, 2.75) is 18.6 Å². The van der Waals surface area contributed by atoms with Crippen LogP contribution < -0.4 is 0 Å². The van der Waals surface area contributed by atoms with E-state index in [1.807, 2.05) is 24.7 Å². The van der Waals surface area contributed by atoms with E-state index >= 15 is 0 Å². The minimum atomic E-state index is -0.894. The number of amides is 1. The molecule has 0 unspecified atom stereocenters. The molecule has 3 heterocycles. The number of carbonyl (C=O) groups is 1. The zero-order valence-electron chi connectivity index (χ0n) is 12.5. The first-order valence-corrected chi connectivity index (χ1v) is 7.88. The molecule has 2 aromatic rings. The quantitative estimate of drug-likeness (QED) is 0.842. The fourth-order valence-electron chi connectivity index (χ4n) is 4.75. The molecule has 1 saturated carbocycles. The molecule has 6 heteroatoms. The number of aromatic nitrogens is 2. The fraction of sp³-hybridized carbons (Fsp3) is 0.412. The summed E-state index contributed by atoms with van der Waals surface area (Å²) in [7, 11) is 0. The van der Waals surface area contributed by atoms with Gasteiger partial charge >= 0.3 is 6.09 Å². The molecule has 5 rings (SSSR count). The molecule has 1 amide bonds. The zero-order chi connectivity index (χ0) is 15.8. The van der Waals surface area contributed by atoms with Gasteiger partial charge in [0.15, 0.2) is 0 Å². The standard InChI is InChI=1S/C17H17N3O3/c21-15-12(5-17(15)7-19(8-17)16(22)23)14-11-4-2-1-3-10(11)13-6-18-9-20(13)14/h1-4,6,9,12,14-15,21H,5,7-8H2,(H,22,23)/t12-,14-,15+/m1/s1. The Balaban J connectivity index is 1.45. The molecule has 118 valence electrons. The number of hydrogen-bond acceptors (Lipinski definition) is 3. The highest BCUT2D eigenvalue weighted by atomic mass is 16.4. The van der Waals surface area contributed by atoms with E-state index in [9.17, 15) is 9.90 Å². The van der Waals surface area contributed by atoms with Gasteiger partial charge in [-0.15, -0.1) is 0 Å². The van der Waals surface area contributed by atoms with Crippen molar-refractivity contribution in [1.82, 2.24) is 14.5 Å². The van der Waals surface area contributed by atoms with Crippen LogP contribution in [0.3, 0.4) is 0 Å². The van der Waals surface area contributed by atoms with Crippen molar-refractivity contribution in [1.29, 1.82) is 0 Å². The lowest BCUT2D eigenvalue weighted by atomic mass is 9.53. The third-order valence-corrected chi connectivity index (χ3v) is 5.88. The monoisotopic (exact) mass is 311 g/mol. The first-order chi connectivity index (χ1) is 11.1. The Kier molecular flexibility index (Phi) is 2.36. The molecule has 1 aromatic carbocycles. The number of hydrogen-bond donors (Lipinski definition) is 2. The minimum Gasteiger partial charge on any atom is -0.465 e. The molecular formula is C17H17N3O3. The molecule has 6 nitrogen and oxygen atoms in total. The molecule has 1 aromatic heterocycles. The molecule has 3 aliphatic rings. The number of rotatable bonds is 1. The van der Waals surface area contributed by atoms with Gasteiger partial charge in [0.2, 0.25) is 0 Å². The summed E-state index contributed by atoms with van der Waals surface area (Å²) >= 11 is 0. The van der Waals surface area contributed by atoms with Crippen molar-refractivity contribution in [3.63, 3.8) is 0 Å². The van der Waals surface area contributed by atoms with Crippen LogP contribution in [-0.4, -0.2) is 50.0 Å². The molecule has 2 N–H and O–H groups in total. The van der Waals surface area contributed by atoms with Crippen LogP contribution in [0.15, 0.2) is 36.8 Å². The normalized spacial score (nSPS) is 29.6. The summed E-state index contributed by atoms with van der Waals surface area (Å²) in [6.07, 6.45) is 3.20. The largest absolute Gasteiger partial charge is 0.465 e. The number of benzene rings is 1. The van der Waals surface area contributed by atoms with E-state index in [1.54, 1.807) is 0 Å². The SMILES string of the molecule is O=C(O)N1CC2(C[C@H]([C@H]3c4ccccc4-c4cncn43)[C@@H]2O)C1. The summed E-state index contributed by atoms with van der Waals surface area (Å²) < 4.78 is 2.15. The average Bonchev–Trinajstić information content (AvgIpc) is 3.06. The van der Waals surface area contributed by atoms with Crippen molar-refractivity contribution in [3.05, 3.63) is 42.4 Å². The van der Waals surface area contributed by atoms with E-state index in [2.05, 4.69) is 21.7 Å². The summed E-state index contributed by atoms with van der Waals surface area (Å²) in [4.78, 5) is 16.6. The van der Waals surface area contributed by atoms with Crippen LogP contribution in [-0.2, 0) is 0 Å². The molecule has 23 heavy (non-hydrogen) atoms. The summed E-state index contributed by atoms with van der Waals surface area (Å²) in [5.74, 6) is 0.113. The van der Waals surface area contributed by atoms with Gasteiger partial charge in [-0.2, -0.15) is 0 Å². The van der Waals surface area contributed by atoms with Crippen LogP contribution >= 0.6 is 0 Å². The maximum absolute atomic E-state index is 11.0. The van der Waals surface area contributed by atoms with Crippen LogP contribution in [0.25, 0.3) is 11.3 Å². The Morgan fingerprint density at radius 1 is 1.30 bits per heavy atom. The molecule has 2 aliphatic heterocycles. The lowest BCUT2D eigenvalue weighted by Gasteiger charge is -2.62. The van der Waals surface area contributed by atoms with E-state index < -0.39 is 12.2 Å². The second-order valence-electron chi connectivity index (χ2n) is 7.03. The van der Waals surface area contributed by atoms with Crippen LogP contribution in [0.4, 0.5) is 4.79 Å². The molecule has 1 aliphatic carbocycles. The summed E-state index contributed by atoms with van der Waals surface area (Å²) in [6, 6.07) is 8.37. The van der Waals surface area contributed by atoms with Gasteiger partial charge in [0.1, 0.15) is 0 Å². The molecule has 2 fully saturated rings. The Morgan fingerprint density at radius 2 is 2.09 bits per heavy atom. The molecular weight excluding hydrogens is 294 g/mol. The maximum atomic E-state index is 11.0. The molecule has 0 radical (unpaired) electrons. The van der Waals surface area contributed by atoms with Crippen molar-refractivity contribution < 1.29 is 15.0 Å². The van der Waals surface area contributed by atoms with Gasteiger partial charge in [-0.25, -0.2) is 9.78 Å². The number of likely N-dealkylation sites (tertiary alicyclic amines) is 1. The van der Waals surface area contributed by atoms with Gasteiger partial charge in [-0.3, -0.25) is 0 Å². The first kappa shape index (κ1) is 13.1. The van der Waals surface area contributed by atoms with Crippen LogP contribution in [0.1, 0.15) is 18.0 Å². The Bertz CT molecular complexity index is 809. The van der Waals surface area contributed by atoms with E-state index in [0.29, 0.717) is 13.1 Å². The third kappa shape index (κ3) is 1.51. The predicted molar refractivity (Wildman–Crippen MR) is 81.9 cm³/mol. The Morgan fingerprint density at radius 3 is 2.83 bits per heavy atom. The van der Waals surface area contributed by atoms with Gasteiger partial charge in [0.05, 0.1) is 30.4 Å². The summed E-state index contributed by atoms with van der Waals surface area (Å²) in [5, 5.41) is 19.8. The number of fused-ring (bicyclic) bond motifs is 3. The molecule has 3 atom stereocenters. The zero-order valence-corrected chi connectivity index (χ0v) is 12.5. The van der Waals surface area contributed by atoms with Crippen molar-refractivity contribution in [2.24, 2.45) is 11.3 Å². The van der Waals surface area contributed by atoms with Crippen LogP contribution in [0.5, 0.6) is 0 Å². The minimum absolute atomic E-state index is 0.100. The number of imidazole rings is 1. The van der Waals surface area contributed by atoms with Gasteiger partial charge in [-0.1, -0.05) is 24.3 Å². The van der Waals surface area contributed by atoms with E-state index in [4.69, 9.17) is 5.11 Å². The van der Waals surface area contributed by atoms with Crippen LogP contribution in [0.2, 0.25) is 0 Å². The van der Waals surface area contributed by atoms with Gasteiger partial charge in [0, 0.05) is 30.0 Å². The van der Waals surface area contributed by atoms with E-state index in [1.165, 1.54) is 16.0 Å². The second kappa shape index (κ2) is 4.14. The van der Waals surface area contributed by atoms with Gasteiger partial charge in [0.25, 0.3) is 0 Å². The maximum Gasteiger partial charge on any atom is 0.407 e. The van der Waals surface area contributed by atoms with Crippen molar-refractivity contribution in [2.75, 3.05) is 13.1 Å². The highest BCUT2D eigenvalue weighted by Crippen LogP contribution is 2.59. The number of aliphatic hydroxyl groups is 1. The lowest BCUT2D eigenvalue weighted by molar-refractivity contribution is -0.194. The summed E-state index contributed by atoms with van der Waals surface area (Å²) in [5.41, 5.74) is 3.28. The number of carboxylic acid groups (broad SMARTS) is 1. The smallest absolute Gasteiger partial charge is 0.407 e. The topological polar surface area (TPSA) is 78.6 Å². The lowest BCUT2D eigenvalue weighted by Crippen LogP contribution is -2.71. The predicted octanol–water partition coefficient (Wildman–Crippen LogP) is 1.81. The molecule has 1 saturated heterocycles. The van der Waals surface area contributed by atoms with Gasteiger partial charge in [-0.05, 0) is 12.0 Å². The Labute approximate surface area is 133 Å².